The van der Waals surface area contributed by atoms with Crippen LogP contribution in [0.15, 0.2) is 24.3 Å². The van der Waals surface area contributed by atoms with Crippen LogP contribution in [0.1, 0.15) is 0 Å². The third-order valence-corrected chi connectivity index (χ3v) is 4.37. The maximum Gasteiger partial charge on any atom is 0.214 e. The van der Waals surface area contributed by atoms with Crippen LogP contribution in [0.25, 0.3) is 0 Å². The minimum absolute atomic E-state index is 0.00581. The Balaban J connectivity index is 2.30. The molecule has 0 fully saturated rings. The van der Waals surface area contributed by atoms with Gasteiger partial charge >= 0.3 is 0 Å². The molecule has 1 aromatic rings. The summed E-state index contributed by atoms with van der Waals surface area (Å²) in [6, 6.07) is 6.66. The van der Waals surface area contributed by atoms with Crippen LogP contribution in [0.2, 0.25) is 0 Å². The second-order valence-electron chi connectivity index (χ2n) is 4.30. The highest BCUT2D eigenvalue weighted by molar-refractivity contribution is 7.89. The van der Waals surface area contributed by atoms with Crippen molar-refractivity contribution in [2.45, 2.75) is 0 Å². The molecule has 0 heterocycles. The van der Waals surface area contributed by atoms with Crippen molar-refractivity contribution in [1.82, 2.24) is 9.44 Å². The summed E-state index contributed by atoms with van der Waals surface area (Å²) >= 11 is 0. The van der Waals surface area contributed by atoms with Crippen LogP contribution in [0.4, 0.5) is 5.69 Å². The molecule has 0 atom stereocenters. The van der Waals surface area contributed by atoms with E-state index < -0.39 is 20.0 Å². The lowest BCUT2D eigenvalue weighted by molar-refractivity contribution is 0.340. The van der Waals surface area contributed by atoms with E-state index in [1.807, 2.05) is 0 Å². The van der Waals surface area contributed by atoms with Crippen LogP contribution in [0.5, 0.6) is 5.75 Å². The van der Waals surface area contributed by atoms with Crippen molar-refractivity contribution in [3.63, 3.8) is 0 Å². The van der Waals surface area contributed by atoms with E-state index in [0.29, 0.717) is 11.4 Å². The summed E-state index contributed by atoms with van der Waals surface area (Å²) in [6.07, 6.45) is 1.00. The van der Waals surface area contributed by atoms with Gasteiger partial charge in [-0.15, -0.1) is 0 Å². The SMILES string of the molecule is CS(=O)(=O)NCCNS(=O)(=O)CCOc1cccc(N)c1. The van der Waals surface area contributed by atoms with Crippen molar-refractivity contribution in [3.8, 4) is 5.75 Å². The van der Waals surface area contributed by atoms with Gasteiger partial charge in [0, 0.05) is 24.8 Å². The summed E-state index contributed by atoms with van der Waals surface area (Å²) in [7, 11) is -6.84. The average Bonchev–Trinajstić information content (AvgIpc) is 2.33. The summed E-state index contributed by atoms with van der Waals surface area (Å²) in [5.41, 5.74) is 6.09. The molecule has 10 heteroatoms. The summed E-state index contributed by atoms with van der Waals surface area (Å²) in [6.45, 7) is -0.0554. The standard InChI is InChI=1S/C11H19N3O5S2/c1-20(15,16)13-5-6-14-21(17,18)8-7-19-11-4-2-3-10(12)9-11/h2-4,9,13-14H,5-8,12H2,1H3. The molecule has 0 aromatic heterocycles. The molecule has 120 valence electrons. The molecule has 0 aliphatic carbocycles. The fourth-order valence-corrected chi connectivity index (χ4v) is 2.72. The van der Waals surface area contributed by atoms with Crippen LogP contribution in [0, 0.1) is 0 Å². The smallest absolute Gasteiger partial charge is 0.214 e. The molecule has 0 radical (unpaired) electrons. The van der Waals surface area contributed by atoms with Crippen LogP contribution in [-0.4, -0.2) is 48.5 Å². The Morgan fingerprint density at radius 2 is 1.81 bits per heavy atom. The zero-order valence-electron chi connectivity index (χ0n) is 11.6. The fourth-order valence-electron chi connectivity index (χ4n) is 1.39. The topological polar surface area (TPSA) is 128 Å². The molecular weight excluding hydrogens is 318 g/mol. The quantitative estimate of drug-likeness (QED) is 0.396. The largest absolute Gasteiger partial charge is 0.492 e. The van der Waals surface area contributed by atoms with Crippen LogP contribution < -0.4 is 19.9 Å². The molecule has 1 rings (SSSR count). The first-order valence-corrected chi connectivity index (χ1v) is 9.63. The van der Waals surface area contributed by atoms with Gasteiger partial charge in [0.25, 0.3) is 0 Å². The molecule has 4 N–H and O–H groups in total. The highest BCUT2D eigenvalue weighted by atomic mass is 32.2. The molecule has 0 amide bonds. The third-order valence-electron chi connectivity index (χ3n) is 2.29. The minimum Gasteiger partial charge on any atom is -0.492 e. The van der Waals surface area contributed by atoms with Crippen molar-refractivity contribution in [2.75, 3.05) is 37.4 Å². The zero-order valence-corrected chi connectivity index (χ0v) is 13.2. The molecule has 1 aromatic carbocycles. The van der Waals surface area contributed by atoms with Crippen molar-refractivity contribution >= 4 is 25.7 Å². The van der Waals surface area contributed by atoms with Crippen LogP contribution >= 0.6 is 0 Å². The zero-order chi connectivity index (χ0) is 15.9. The molecular formula is C11H19N3O5S2. The number of nitrogens with two attached hydrogens (primary N) is 1. The number of sulfonamides is 2. The van der Waals surface area contributed by atoms with Gasteiger partial charge in [0.15, 0.2) is 0 Å². The molecule has 21 heavy (non-hydrogen) atoms. The molecule has 0 bridgehead atoms. The van der Waals surface area contributed by atoms with Gasteiger partial charge in [-0.05, 0) is 12.1 Å². The predicted octanol–water partition coefficient (Wildman–Crippen LogP) is -0.884. The second-order valence-corrected chi connectivity index (χ2v) is 8.06. The Morgan fingerprint density at radius 1 is 1.14 bits per heavy atom. The van der Waals surface area contributed by atoms with Crippen molar-refractivity contribution in [2.24, 2.45) is 0 Å². The lowest BCUT2D eigenvalue weighted by Crippen LogP contribution is -2.36. The van der Waals surface area contributed by atoms with Gasteiger partial charge in [0.05, 0.1) is 12.0 Å². The van der Waals surface area contributed by atoms with Gasteiger partial charge in [-0.2, -0.15) is 0 Å². The number of nitrogens with one attached hydrogen (secondary N) is 2. The van der Waals surface area contributed by atoms with E-state index in [1.165, 1.54) is 0 Å². The van der Waals surface area contributed by atoms with Gasteiger partial charge in [-0.25, -0.2) is 26.3 Å². The highest BCUT2D eigenvalue weighted by Crippen LogP contribution is 2.14. The molecule has 0 saturated carbocycles. The Kier molecular flexibility index (Phi) is 6.40. The summed E-state index contributed by atoms with van der Waals surface area (Å²) in [4.78, 5) is 0. The number of hydrogen-bond donors (Lipinski definition) is 3. The van der Waals surface area contributed by atoms with E-state index in [0.717, 1.165) is 6.26 Å². The molecule has 8 nitrogen and oxygen atoms in total. The molecule has 0 aliphatic heterocycles. The average molecular weight is 337 g/mol. The van der Waals surface area contributed by atoms with Gasteiger partial charge in [0.2, 0.25) is 20.0 Å². The maximum absolute atomic E-state index is 11.6. The summed E-state index contributed by atoms with van der Waals surface area (Å²) < 4.78 is 54.6. The van der Waals surface area contributed by atoms with Crippen LogP contribution in [-0.2, 0) is 20.0 Å². The van der Waals surface area contributed by atoms with Crippen molar-refractivity contribution in [3.05, 3.63) is 24.3 Å². The van der Waals surface area contributed by atoms with Crippen LogP contribution in [0.3, 0.4) is 0 Å². The Labute approximate surface area is 124 Å². The summed E-state index contributed by atoms with van der Waals surface area (Å²) in [5, 5.41) is 0. The van der Waals surface area contributed by atoms with Crippen molar-refractivity contribution in [1.29, 1.82) is 0 Å². The number of ether oxygens (including phenoxy) is 1. The maximum atomic E-state index is 11.6. The van der Waals surface area contributed by atoms with E-state index in [-0.39, 0.29) is 25.4 Å². The fraction of sp³-hybridized carbons (Fsp3) is 0.455. The third kappa shape index (κ3) is 8.50. The van der Waals surface area contributed by atoms with Gasteiger partial charge in [-0.1, -0.05) is 6.07 Å². The number of nitrogen functional groups attached to an aromatic ring is 1. The number of hydrogen-bond acceptors (Lipinski definition) is 6. The Morgan fingerprint density at radius 3 is 2.43 bits per heavy atom. The number of rotatable bonds is 9. The number of benzene rings is 1. The van der Waals surface area contributed by atoms with E-state index in [2.05, 4.69) is 9.44 Å². The van der Waals surface area contributed by atoms with E-state index >= 15 is 0 Å². The first-order valence-electron chi connectivity index (χ1n) is 6.08. The van der Waals surface area contributed by atoms with Crippen molar-refractivity contribution < 1.29 is 21.6 Å². The Hall–Kier alpha value is -1.36. The highest BCUT2D eigenvalue weighted by Gasteiger charge is 2.10. The monoisotopic (exact) mass is 337 g/mol. The number of anilines is 1. The first kappa shape index (κ1) is 17.7. The second kappa shape index (κ2) is 7.59. The Bertz CT molecular complexity index is 658. The van der Waals surface area contributed by atoms with E-state index in [9.17, 15) is 16.8 Å². The summed E-state index contributed by atoms with van der Waals surface area (Å²) in [5.74, 6) is 0.254. The first-order chi connectivity index (χ1) is 9.68. The lowest BCUT2D eigenvalue weighted by atomic mass is 10.3. The molecule has 0 spiro atoms. The van der Waals surface area contributed by atoms with Gasteiger partial charge < -0.3 is 10.5 Å². The molecule has 0 aliphatic rings. The minimum atomic E-state index is -3.52. The van der Waals surface area contributed by atoms with Gasteiger partial charge in [0.1, 0.15) is 12.4 Å². The molecule has 0 saturated heterocycles. The molecule has 0 unspecified atom stereocenters. The predicted molar refractivity (Wildman–Crippen MR) is 81.0 cm³/mol. The van der Waals surface area contributed by atoms with Gasteiger partial charge in [-0.3, -0.25) is 0 Å². The lowest BCUT2D eigenvalue weighted by Gasteiger charge is -2.09. The normalized spacial score (nSPS) is 12.2. The van der Waals surface area contributed by atoms with E-state index in [1.54, 1.807) is 24.3 Å². The van der Waals surface area contributed by atoms with E-state index in [4.69, 9.17) is 10.5 Å².